The highest BCUT2D eigenvalue weighted by atomic mass is 16.3. The lowest BCUT2D eigenvalue weighted by molar-refractivity contribution is -0.0979. The van der Waals surface area contributed by atoms with E-state index in [2.05, 4.69) is 15.0 Å². The minimum absolute atomic E-state index is 0.136. The van der Waals surface area contributed by atoms with Crippen molar-refractivity contribution in [2.75, 3.05) is 11.5 Å². The lowest BCUT2D eigenvalue weighted by atomic mass is 10.2. The van der Waals surface area contributed by atoms with Crippen molar-refractivity contribution in [1.29, 1.82) is 0 Å². The van der Waals surface area contributed by atoms with Crippen LogP contribution in [0, 0.1) is 0 Å². The molecule has 0 radical (unpaired) electrons. The summed E-state index contributed by atoms with van der Waals surface area (Å²) in [5.41, 5.74) is 11.8. The van der Waals surface area contributed by atoms with Crippen LogP contribution in [0.2, 0.25) is 0 Å². The second-order valence-electron chi connectivity index (χ2n) is 4.08. The third-order valence-corrected chi connectivity index (χ3v) is 2.46. The molecule has 7 nitrogen and oxygen atoms in total. The van der Waals surface area contributed by atoms with Crippen LogP contribution in [0.15, 0.2) is 60.7 Å². The number of hydrogen-bond donors (Lipinski definition) is 3. The molecule has 0 aliphatic rings. The number of aromatic hydroxyl groups is 1. The first-order chi connectivity index (χ1) is 11.1. The number of phenols is 1. The van der Waals surface area contributed by atoms with Crippen molar-refractivity contribution < 1.29 is 9.90 Å². The summed E-state index contributed by atoms with van der Waals surface area (Å²) in [5, 5.41) is 8.63. The minimum Gasteiger partial charge on any atom is -0.508 e. The van der Waals surface area contributed by atoms with Crippen molar-refractivity contribution >= 4 is 18.7 Å². The highest BCUT2D eigenvalue weighted by Crippen LogP contribution is 2.14. The third kappa shape index (κ3) is 6.21. The highest BCUT2D eigenvalue weighted by Gasteiger charge is 2.03. The summed E-state index contributed by atoms with van der Waals surface area (Å²) < 4.78 is 0. The van der Waals surface area contributed by atoms with E-state index < -0.39 is 0 Å². The van der Waals surface area contributed by atoms with Gasteiger partial charge >= 0.3 is 0 Å². The molecule has 0 atom stereocenters. The first kappa shape index (κ1) is 17.6. The zero-order valence-electron chi connectivity index (χ0n) is 12.3. The average Bonchev–Trinajstić information content (AvgIpc) is 2.58. The number of nitrogens with zero attached hydrogens (tertiary/aromatic N) is 3. The molecule has 2 aromatic carbocycles. The van der Waals surface area contributed by atoms with Gasteiger partial charge in [-0.1, -0.05) is 48.5 Å². The molecule has 0 aliphatic carbocycles. The van der Waals surface area contributed by atoms with Crippen LogP contribution in [-0.4, -0.2) is 26.8 Å². The van der Waals surface area contributed by atoms with Crippen molar-refractivity contribution in [1.82, 2.24) is 15.0 Å². The minimum atomic E-state index is 0.136. The van der Waals surface area contributed by atoms with Crippen LogP contribution in [0.3, 0.4) is 0 Å². The molecule has 3 aromatic rings. The number of benzene rings is 2. The van der Waals surface area contributed by atoms with Gasteiger partial charge in [0, 0.05) is 5.56 Å². The Balaban J connectivity index is 0.000000247. The fourth-order valence-electron chi connectivity index (χ4n) is 1.55. The van der Waals surface area contributed by atoms with Crippen LogP contribution < -0.4 is 11.5 Å². The Bertz CT molecular complexity index is 688. The summed E-state index contributed by atoms with van der Waals surface area (Å²) in [4.78, 5) is 19.7. The van der Waals surface area contributed by atoms with Crippen molar-refractivity contribution in [3.8, 4) is 17.1 Å². The van der Waals surface area contributed by atoms with E-state index in [1.54, 1.807) is 24.3 Å². The van der Waals surface area contributed by atoms with E-state index in [1.165, 1.54) is 0 Å². The van der Waals surface area contributed by atoms with Crippen LogP contribution in [0.4, 0.5) is 11.9 Å². The van der Waals surface area contributed by atoms with E-state index in [0.29, 0.717) is 11.6 Å². The van der Waals surface area contributed by atoms with Crippen LogP contribution in [0.25, 0.3) is 11.4 Å². The molecule has 118 valence electrons. The van der Waals surface area contributed by atoms with Gasteiger partial charge < -0.3 is 21.4 Å². The highest BCUT2D eigenvalue weighted by molar-refractivity contribution is 5.56. The standard InChI is InChI=1S/C9H9N5.C6H6O.CH2O/c10-8-12-7(13-9(11)14-8)6-4-2-1-3-5-6;7-6-4-2-1-3-5-6;1-2/h1-5H,(H4,10,11,12,13,14);1-5,7H;1H2. The van der Waals surface area contributed by atoms with Gasteiger partial charge in [0.15, 0.2) is 5.82 Å². The molecule has 1 aromatic heterocycles. The maximum atomic E-state index is 8.63. The molecule has 0 spiro atoms. The second-order valence-corrected chi connectivity index (χ2v) is 4.08. The Morgan fingerprint density at radius 1 is 0.739 bits per heavy atom. The molecular weight excluding hydrogens is 294 g/mol. The number of para-hydroxylation sites is 1. The zero-order chi connectivity index (χ0) is 17.1. The van der Waals surface area contributed by atoms with Crippen LogP contribution in [0.1, 0.15) is 0 Å². The number of rotatable bonds is 1. The van der Waals surface area contributed by atoms with E-state index in [1.807, 2.05) is 43.2 Å². The van der Waals surface area contributed by atoms with Crippen LogP contribution in [-0.2, 0) is 4.79 Å². The Kier molecular flexibility index (Phi) is 7.22. The molecule has 0 fully saturated rings. The average molecular weight is 311 g/mol. The summed E-state index contributed by atoms with van der Waals surface area (Å²) >= 11 is 0. The topological polar surface area (TPSA) is 128 Å². The van der Waals surface area contributed by atoms with Gasteiger partial charge in [0.1, 0.15) is 12.5 Å². The maximum absolute atomic E-state index is 8.63. The Labute approximate surface area is 133 Å². The first-order valence-electron chi connectivity index (χ1n) is 6.50. The van der Waals surface area contributed by atoms with Gasteiger partial charge in [0.25, 0.3) is 0 Å². The quantitative estimate of drug-likeness (QED) is 0.626. The molecule has 7 heteroatoms. The van der Waals surface area contributed by atoms with Gasteiger partial charge in [-0.15, -0.1) is 0 Å². The fraction of sp³-hybridized carbons (Fsp3) is 0. The molecule has 0 saturated carbocycles. The van der Waals surface area contributed by atoms with Crippen molar-refractivity contribution in [2.45, 2.75) is 0 Å². The lowest BCUT2D eigenvalue weighted by Crippen LogP contribution is -2.04. The predicted octanol–water partition coefficient (Wildman–Crippen LogP) is 1.91. The zero-order valence-corrected chi connectivity index (χ0v) is 12.3. The number of nitrogens with two attached hydrogens (primary N) is 2. The maximum Gasteiger partial charge on any atom is 0.225 e. The molecule has 0 bridgehead atoms. The van der Waals surface area contributed by atoms with Gasteiger partial charge in [-0.05, 0) is 12.1 Å². The second kappa shape index (κ2) is 9.46. The number of nitrogen functional groups attached to an aromatic ring is 2. The normalized spacial score (nSPS) is 8.87. The van der Waals surface area contributed by atoms with Gasteiger partial charge in [-0.25, -0.2) is 0 Å². The smallest absolute Gasteiger partial charge is 0.225 e. The molecule has 0 amide bonds. The number of carbonyl (C=O) groups is 1. The van der Waals surface area contributed by atoms with Crippen molar-refractivity contribution in [2.24, 2.45) is 0 Å². The van der Waals surface area contributed by atoms with E-state index in [4.69, 9.17) is 21.4 Å². The van der Waals surface area contributed by atoms with E-state index in [-0.39, 0.29) is 11.9 Å². The molecule has 3 rings (SSSR count). The molecule has 5 N–H and O–H groups in total. The number of phenolic OH excluding ortho intramolecular Hbond substituents is 1. The van der Waals surface area contributed by atoms with Crippen molar-refractivity contribution in [3.63, 3.8) is 0 Å². The predicted molar refractivity (Wildman–Crippen MR) is 89.3 cm³/mol. The lowest BCUT2D eigenvalue weighted by Gasteiger charge is -2.00. The summed E-state index contributed by atoms with van der Waals surface area (Å²) in [7, 11) is 0. The van der Waals surface area contributed by atoms with Gasteiger partial charge in [-0.3, -0.25) is 0 Å². The van der Waals surface area contributed by atoms with Gasteiger partial charge in [0.05, 0.1) is 0 Å². The Hall–Kier alpha value is -3.48. The SMILES string of the molecule is C=O.Nc1nc(N)nc(-c2ccccc2)n1.Oc1ccccc1. The van der Waals surface area contributed by atoms with Crippen molar-refractivity contribution in [3.05, 3.63) is 60.7 Å². The summed E-state index contributed by atoms with van der Waals surface area (Å²) in [6, 6.07) is 18.2. The third-order valence-electron chi connectivity index (χ3n) is 2.46. The Morgan fingerprint density at radius 3 is 1.57 bits per heavy atom. The van der Waals surface area contributed by atoms with Crippen LogP contribution >= 0.6 is 0 Å². The van der Waals surface area contributed by atoms with E-state index in [0.717, 1.165) is 5.56 Å². The largest absolute Gasteiger partial charge is 0.508 e. The van der Waals surface area contributed by atoms with Gasteiger partial charge in [0.2, 0.25) is 11.9 Å². The molecular formula is C16H17N5O2. The molecule has 0 unspecified atom stereocenters. The van der Waals surface area contributed by atoms with Gasteiger partial charge in [-0.2, -0.15) is 15.0 Å². The first-order valence-corrected chi connectivity index (χ1v) is 6.50. The summed E-state index contributed by atoms with van der Waals surface area (Å²) in [5.74, 6) is 1.09. The summed E-state index contributed by atoms with van der Waals surface area (Å²) in [6.45, 7) is 2.00. The van der Waals surface area contributed by atoms with Crippen LogP contribution in [0.5, 0.6) is 5.75 Å². The fourth-order valence-corrected chi connectivity index (χ4v) is 1.55. The monoisotopic (exact) mass is 311 g/mol. The molecule has 23 heavy (non-hydrogen) atoms. The number of anilines is 2. The number of carbonyl (C=O) groups excluding carboxylic acids is 1. The van der Waals surface area contributed by atoms with E-state index >= 15 is 0 Å². The molecule has 1 heterocycles. The number of hydrogen-bond acceptors (Lipinski definition) is 7. The molecule has 0 aliphatic heterocycles. The summed E-state index contributed by atoms with van der Waals surface area (Å²) in [6.07, 6.45) is 0. The molecule has 0 saturated heterocycles. The Morgan fingerprint density at radius 2 is 1.17 bits per heavy atom. The van der Waals surface area contributed by atoms with E-state index in [9.17, 15) is 0 Å². The number of aromatic nitrogens is 3.